The summed E-state index contributed by atoms with van der Waals surface area (Å²) in [5.74, 6) is 0.755. The molecule has 1 heterocycles. The summed E-state index contributed by atoms with van der Waals surface area (Å²) in [6.07, 6.45) is 4.65. The highest BCUT2D eigenvalue weighted by Crippen LogP contribution is 2.16. The SMILES string of the molecule is CCCC(N)=NCCc1cccc2cccnc12. The molecule has 0 amide bonds. The second kappa shape index (κ2) is 6.15. The molecule has 0 aliphatic carbocycles. The maximum Gasteiger partial charge on any atom is 0.0937 e. The zero-order valence-corrected chi connectivity index (χ0v) is 10.8. The number of pyridine rings is 1. The van der Waals surface area contributed by atoms with Crippen LogP contribution in [0.1, 0.15) is 25.3 Å². The minimum atomic E-state index is 0.738. The van der Waals surface area contributed by atoms with E-state index in [0.717, 1.165) is 37.2 Å². The number of hydrogen-bond donors (Lipinski definition) is 1. The zero-order valence-electron chi connectivity index (χ0n) is 10.8. The summed E-state index contributed by atoms with van der Waals surface area (Å²) in [5, 5.41) is 1.18. The first-order chi connectivity index (χ1) is 8.81. The smallest absolute Gasteiger partial charge is 0.0937 e. The Morgan fingerprint density at radius 1 is 1.28 bits per heavy atom. The molecule has 0 saturated heterocycles. The van der Waals surface area contributed by atoms with Gasteiger partial charge in [-0.25, -0.2) is 0 Å². The number of aromatic nitrogens is 1. The van der Waals surface area contributed by atoms with E-state index in [2.05, 4.69) is 41.2 Å². The van der Waals surface area contributed by atoms with Gasteiger partial charge in [-0.15, -0.1) is 0 Å². The van der Waals surface area contributed by atoms with E-state index in [0.29, 0.717) is 0 Å². The molecule has 2 aromatic rings. The van der Waals surface area contributed by atoms with Gasteiger partial charge in [-0.3, -0.25) is 9.98 Å². The molecule has 18 heavy (non-hydrogen) atoms. The van der Waals surface area contributed by atoms with Gasteiger partial charge in [0.05, 0.1) is 11.4 Å². The van der Waals surface area contributed by atoms with Crippen LogP contribution in [0, 0.1) is 0 Å². The molecule has 0 saturated carbocycles. The van der Waals surface area contributed by atoms with Crippen LogP contribution in [-0.2, 0) is 6.42 Å². The lowest BCUT2D eigenvalue weighted by Crippen LogP contribution is -2.12. The summed E-state index contributed by atoms with van der Waals surface area (Å²) < 4.78 is 0. The van der Waals surface area contributed by atoms with Crippen LogP contribution in [-0.4, -0.2) is 17.4 Å². The number of nitrogens with zero attached hydrogens (tertiary/aromatic N) is 2. The largest absolute Gasteiger partial charge is 0.387 e. The number of rotatable bonds is 5. The Kier molecular flexibility index (Phi) is 4.29. The molecule has 94 valence electrons. The van der Waals surface area contributed by atoms with E-state index in [1.807, 2.05) is 12.3 Å². The van der Waals surface area contributed by atoms with Crippen molar-refractivity contribution in [2.24, 2.45) is 10.7 Å². The fraction of sp³-hybridized carbons (Fsp3) is 0.333. The van der Waals surface area contributed by atoms with Gasteiger partial charge >= 0.3 is 0 Å². The number of amidine groups is 1. The van der Waals surface area contributed by atoms with Gasteiger partial charge in [0, 0.05) is 24.5 Å². The molecule has 0 radical (unpaired) electrons. The monoisotopic (exact) mass is 241 g/mol. The van der Waals surface area contributed by atoms with Gasteiger partial charge in [0.15, 0.2) is 0 Å². The van der Waals surface area contributed by atoms with Crippen LogP contribution in [0.3, 0.4) is 0 Å². The van der Waals surface area contributed by atoms with Gasteiger partial charge in [-0.1, -0.05) is 31.2 Å². The van der Waals surface area contributed by atoms with Crippen LogP contribution in [0.5, 0.6) is 0 Å². The summed E-state index contributed by atoms with van der Waals surface area (Å²) >= 11 is 0. The number of nitrogens with two attached hydrogens (primary N) is 1. The maximum atomic E-state index is 5.80. The normalized spacial score (nSPS) is 11.9. The molecule has 0 aliphatic rings. The quantitative estimate of drug-likeness (QED) is 0.646. The van der Waals surface area contributed by atoms with Crippen molar-refractivity contribution in [2.45, 2.75) is 26.2 Å². The summed E-state index contributed by atoms with van der Waals surface area (Å²) in [6.45, 7) is 2.85. The van der Waals surface area contributed by atoms with Crippen LogP contribution in [0.2, 0.25) is 0 Å². The van der Waals surface area contributed by atoms with E-state index < -0.39 is 0 Å². The van der Waals surface area contributed by atoms with E-state index in [1.54, 1.807) is 0 Å². The molecule has 0 unspecified atom stereocenters. The predicted molar refractivity (Wildman–Crippen MR) is 76.8 cm³/mol. The first-order valence-electron chi connectivity index (χ1n) is 6.42. The minimum absolute atomic E-state index is 0.738. The molecule has 3 heteroatoms. The summed E-state index contributed by atoms with van der Waals surface area (Å²) in [5.41, 5.74) is 8.11. The van der Waals surface area contributed by atoms with E-state index in [-0.39, 0.29) is 0 Å². The van der Waals surface area contributed by atoms with Crippen LogP contribution in [0.15, 0.2) is 41.5 Å². The number of benzene rings is 1. The Bertz CT molecular complexity index is 541. The molecule has 2 N–H and O–H groups in total. The van der Waals surface area contributed by atoms with Gasteiger partial charge in [0.2, 0.25) is 0 Å². The first kappa shape index (κ1) is 12.6. The Hall–Kier alpha value is -1.90. The minimum Gasteiger partial charge on any atom is -0.387 e. The molecule has 3 nitrogen and oxygen atoms in total. The molecule has 1 aromatic heterocycles. The maximum absolute atomic E-state index is 5.80. The average Bonchev–Trinajstić information content (AvgIpc) is 2.39. The third kappa shape index (κ3) is 3.06. The third-order valence-electron chi connectivity index (χ3n) is 2.92. The predicted octanol–water partition coefficient (Wildman–Crippen LogP) is 2.93. The van der Waals surface area contributed by atoms with Gasteiger partial charge in [-0.05, 0) is 24.5 Å². The topological polar surface area (TPSA) is 51.3 Å². The van der Waals surface area contributed by atoms with Crippen LogP contribution in [0.4, 0.5) is 0 Å². The fourth-order valence-corrected chi connectivity index (χ4v) is 2.02. The summed E-state index contributed by atoms with van der Waals surface area (Å²) in [7, 11) is 0. The molecule has 0 spiro atoms. The molecule has 2 rings (SSSR count). The van der Waals surface area contributed by atoms with Gasteiger partial charge < -0.3 is 5.73 Å². The molecule has 1 aromatic carbocycles. The highest BCUT2D eigenvalue weighted by Gasteiger charge is 2.00. The van der Waals surface area contributed by atoms with E-state index >= 15 is 0 Å². The molecular formula is C15H19N3. The number of para-hydroxylation sites is 1. The Morgan fingerprint density at radius 3 is 2.94 bits per heavy atom. The number of hydrogen-bond acceptors (Lipinski definition) is 2. The Balaban J connectivity index is 2.10. The lowest BCUT2D eigenvalue weighted by atomic mass is 10.1. The average molecular weight is 241 g/mol. The molecule has 0 atom stereocenters. The van der Waals surface area contributed by atoms with Crippen LogP contribution < -0.4 is 5.73 Å². The Labute approximate surface area is 108 Å². The zero-order chi connectivity index (χ0) is 12.8. The third-order valence-corrected chi connectivity index (χ3v) is 2.92. The van der Waals surface area contributed by atoms with E-state index in [1.165, 1.54) is 10.9 Å². The Morgan fingerprint density at radius 2 is 2.11 bits per heavy atom. The van der Waals surface area contributed by atoms with Crippen LogP contribution >= 0.6 is 0 Å². The summed E-state index contributed by atoms with van der Waals surface area (Å²) in [4.78, 5) is 8.82. The van der Waals surface area contributed by atoms with Crippen molar-refractivity contribution in [3.63, 3.8) is 0 Å². The van der Waals surface area contributed by atoms with Crippen molar-refractivity contribution in [1.82, 2.24) is 4.98 Å². The second-order valence-corrected chi connectivity index (χ2v) is 4.37. The van der Waals surface area contributed by atoms with Crippen molar-refractivity contribution in [2.75, 3.05) is 6.54 Å². The standard InChI is InChI=1S/C15H19N3/c1-2-5-14(16)17-11-9-13-7-3-6-12-8-4-10-18-15(12)13/h3-4,6-8,10H,2,5,9,11H2,1H3,(H2,16,17). The highest BCUT2D eigenvalue weighted by atomic mass is 14.8. The van der Waals surface area contributed by atoms with E-state index in [4.69, 9.17) is 5.73 Å². The van der Waals surface area contributed by atoms with Crippen molar-refractivity contribution in [1.29, 1.82) is 0 Å². The van der Waals surface area contributed by atoms with Gasteiger partial charge in [0.1, 0.15) is 0 Å². The van der Waals surface area contributed by atoms with Crippen LogP contribution in [0.25, 0.3) is 10.9 Å². The molecule has 0 bridgehead atoms. The molecular weight excluding hydrogens is 222 g/mol. The van der Waals surface area contributed by atoms with E-state index in [9.17, 15) is 0 Å². The molecule has 0 aliphatic heterocycles. The first-order valence-corrected chi connectivity index (χ1v) is 6.42. The van der Waals surface area contributed by atoms with Crippen molar-refractivity contribution < 1.29 is 0 Å². The fourth-order valence-electron chi connectivity index (χ4n) is 2.02. The lowest BCUT2D eigenvalue weighted by molar-refractivity contribution is 0.929. The van der Waals surface area contributed by atoms with Crippen molar-refractivity contribution >= 4 is 16.7 Å². The summed E-state index contributed by atoms with van der Waals surface area (Å²) in [6, 6.07) is 10.3. The van der Waals surface area contributed by atoms with Gasteiger partial charge in [-0.2, -0.15) is 0 Å². The van der Waals surface area contributed by atoms with Crippen molar-refractivity contribution in [3.05, 3.63) is 42.1 Å². The number of fused-ring (bicyclic) bond motifs is 1. The highest BCUT2D eigenvalue weighted by molar-refractivity contribution is 5.82. The van der Waals surface area contributed by atoms with Crippen molar-refractivity contribution in [3.8, 4) is 0 Å². The second-order valence-electron chi connectivity index (χ2n) is 4.37. The molecule has 0 fully saturated rings. The lowest BCUT2D eigenvalue weighted by Gasteiger charge is -2.04. The van der Waals surface area contributed by atoms with Gasteiger partial charge in [0.25, 0.3) is 0 Å². The number of aliphatic imine (C=N–C) groups is 1.